The first-order valence-electron chi connectivity index (χ1n) is 7.33. The average Bonchev–Trinajstić information content (AvgIpc) is 3.12. The molecule has 1 aromatic carbocycles. The van der Waals surface area contributed by atoms with Crippen LogP contribution in [0.3, 0.4) is 0 Å². The van der Waals surface area contributed by atoms with Crippen molar-refractivity contribution in [2.45, 2.75) is 30.7 Å². The number of nitrogens with zero attached hydrogens (tertiary/aromatic N) is 1. The van der Waals surface area contributed by atoms with Crippen LogP contribution >= 0.6 is 11.6 Å². The second-order valence-corrected chi connectivity index (χ2v) is 8.44. The number of carbonyl (C=O) groups is 1. The van der Waals surface area contributed by atoms with E-state index >= 15 is 0 Å². The minimum absolute atomic E-state index is 0.0903. The monoisotopic (exact) mass is 342 g/mol. The standard InChI is InChI=1S/C15H19ClN2O3S/c1-22(20,21)17-13-5-8-18(10-13)14(19)15(6-7-15)11-3-2-4-12(16)9-11/h2-4,9,13,17H,5-8,10H2,1H3/t13-/m1/s1. The van der Waals surface area contributed by atoms with Gasteiger partial charge in [0.05, 0.1) is 11.7 Å². The maximum Gasteiger partial charge on any atom is 0.233 e. The molecule has 1 saturated carbocycles. The Balaban J connectivity index is 1.73. The minimum atomic E-state index is -3.24. The number of hydrogen-bond acceptors (Lipinski definition) is 3. The predicted molar refractivity (Wildman–Crippen MR) is 85.3 cm³/mol. The van der Waals surface area contributed by atoms with Crippen LogP contribution in [0.15, 0.2) is 24.3 Å². The Bertz CT molecular complexity index is 700. The van der Waals surface area contributed by atoms with Gasteiger partial charge in [0.1, 0.15) is 0 Å². The molecule has 1 N–H and O–H groups in total. The lowest BCUT2D eigenvalue weighted by Crippen LogP contribution is -2.41. The summed E-state index contributed by atoms with van der Waals surface area (Å²) in [5.41, 5.74) is 0.509. The highest BCUT2D eigenvalue weighted by atomic mass is 35.5. The van der Waals surface area contributed by atoms with Crippen molar-refractivity contribution in [1.29, 1.82) is 0 Å². The molecule has 0 unspecified atom stereocenters. The van der Waals surface area contributed by atoms with Crippen molar-refractivity contribution in [1.82, 2.24) is 9.62 Å². The zero-order valence-corrected chi connectivity index (χ0v) is 14.0. The van der Waals surface area contributed by atoms with Gasteiger partial charge in [0, 0.05) is 24.2 Å². The Kier molecular flexibility index (Phi) is 3.95. The van der Waals surface area contributed by atoms with Crippen molar-refractivity contribution in [3.05, 3.63) is 34.9 Å². The zero-order valence-electron chi connectivity index (χ0n) is 12.4. The van der Waals surface area contributed by atoms with Gasteiger partial charge < -0.3 is 4.90 Å². The van der Waals surface area contributed by atoms with Crippen molar-refractivity contribution in [2.75, 3.05) is 19.3 Å². The molecule has 120 valence electrons. The van der Waals surface area contributed by atoms with E-state index in [1.165, 1.54) is 0 Å². The maximum atomic E-state index is 12.9. The van der Waals surface area contributed by atoms with E-state index < -0.39 is 15.4 Å². The molecule has 1 saturated heterocycles. The smallest absolute Gasteiger partial charge is 0.233 e. The van der Waals surface area contributed by atoms with Crippen molar-refractivity contribution in [2.24, 2.45) is 0 Å². The van der Waals surface area contributed by atoms with Crippen molar-refractivity contribution in [3.8, 4) is 0 Å². The van der Waals surface area contributed by atoms with Gasteiger partial charge in [0.25, 0.3) is 0 Å². The second kappa shape index (κ2) is 5.51. The predicted octanol–water partition coefficient (Wildman–Crippen LogP) is 1.52. The third kappa shape index (κ3) is 3.14. The highest BCUT2D eigenvalue weighted by Gasteiger charge is 2.53. The van der Waals surface area contributed by atoms with Crippen LogP contribution in [0.2, 0.25) is 5.02 Å². The molecule has 3 rings (SSSR count). The van der Waals surface area contributed by atoms with Gasteiger partial charge in [-0.25, -0.2) is 13.1 Å². The molecule has 2 fully saturated rings. The topological polar surface area (TPSA) is 66.5 Å². The number of halogens is 1. The molecule has 1 aliphatic heterocycles. The fourth-order valence-electron chi connectivity index (χ4n) is 3.18. The number of likely N-dealkylation sites (tertiary alicyclic amines) is 1. The van der Waals surface area contributed by atoms with Gasteiger partial charge in [-0.3, -0.25) is 4.79 Å². The van der Waals surface area contributed by atoms with E-state index in [4.69, 9.17) is 11.6 Å². The Hall–Kier alpha value is -1.11. The molecule has 7 heteroatoms. The van der Waals surface area contributed by atoms with Gasteiger partial charge in [0.15, 0.2) is 0 Å². The summed E-state index contributed by atoms with van der Waals surface area (Å²) in [6.45, 7) is 1.03. The van der Waals surface area contributed by atoms with Crippen LogP contribution in [0.5, 0.6) is 0 Å². The number of rotatable bonds is 4. The third-order valence-corrected chi connectivity index (χ3v) is 5.39. The molecule has 1 aliphatic carbocycles. The summed E-state index contributed by atoms with van der Waals surface area (Å²) in [6.07, 6.45) is 3.45. The molecule has 1 atom stereocenters. The number of benzene rings is 1. The minimum Gasteiger partial charge on any atom is -0.340 e. The fourth-order valence-corrected chi connectivity index (χ4v) is 4.17. The summed E-state index contributed by atoms with van der Waals surface area (Å²) in [4.78, 5) is 14.6. The van der Waals surface area contributed by atoms with E-state index in [0.717, 1.165) is 24.7 Å². The van der Waals surface area contributed by atoms with Crippen LogP contribution in [-0.4, -0.2) is 44.6 Å². The van der Waals surface area contributed by atoms with Crippen molar-refractivity contribution in [3.63, 3.8) is 0 Å². The van der Waals surface area contributed by atoms with E-state index in [0.29, 0.717) is 24.5 Å². The first-order valence-corrected chi connectivity index (χ1v) is 9.60. The number of amides is 1. The molecule has 0 spiro atoms. The summed E-state index contributed by atoms with van der Waals surface area (Å²) in [5, 5.41) is 0.634. The number of hydrogen-bond donors (Lipinski definition) is 1. The zero-order chi connectivity index (χ0) is 16.0. The van der Waals surface area contributed by atoms with Crippen LogP contribution in [0.1, 0.15) is 24.8 Å². The molecule has 22 heavy (non-hydrogen) atoms. The van der Waals surface area contributed by atoms with Gasteiger partial charge in [-0.05, 0) is 37.0 Å². The molecule has 1 amide bonds. The molecular weight excluding hydrogens is 324 g/mol. The van der Waals surface area contributed by atoms with E-state index in [1.54, 1.807) is 11.0 Å². The first-order chi connectivity index (χ1) is 10.3. The Morgan fingerprint density at radius 2 is 2.14 bits per heavy atom. The molecule has 5 nitrogen and oxygen atoms in total. The summed E-state index contributed by atoms with van der Waals surface area (Å²) < 4.78 is 25.2. The van der Waals surface area contributed by atoms with Crippen LogP contribution in [0.4, 0.5) is 0 Å². The molecule has 1 heterocycles. The van der Waals surface area contributed by atoms with E-state index in [1.807, 2.05) is 18.2 Å². The number of nitrogens with one attached hydrogen (secondary N) is 1. The quantitative estimate of drug-likeness (QED) is 0.902. The Morgan fingerprint density at radius 1 is 1.41 bits per heavy atom. The van der Waals surface area contributed by atoms with Crippen molar-refractivity contribution >= 4 is 27.5 Å². The fraction of sp³-hybridized carbons (Fsp3) is 0.533. The average molecular weight is 343 g/mol. The molecule has 0 bridgehead atoms. The third-order valence-electron chi connectivity index (χ3n) is 4.39. The van der Waals surface area contributed by atoms with Crippen LogP contribution in [0.25, 0.3) is 0 Å². The van der Waals surface area contributed by atoms with Gasteiger partial charge in [-0.15, -0.1) is 0 Å². The first kappa shape index (κ1) is 15.8. The lowest BCUT2D eigenvalue weighted by molar-refractivity contribution is -0.132. The normalized spacial score (nSPS) is 23.5. The second-order valence-electron chi connectivity index (χ2n) is 6.22. The van der Waals surface area contributed by atoms with E-state index in [2.05, 4.69) is 4.72 Å². The SMILES string of the molecule is CS(=O)(=O)N[C@@H]1CCN(C(=O)C2(c3cccc(Cl)c3)CC2)C1. The summed E-state index contributed by atoms with van der Waals surface area (Å²) in [7, 11) is -3.24. The molecule has 1 aromatic rings. The number of carbonyl (C=O) groups excluding carboxylic acids is 1. The van der Waals surface area contributed by atoms with Crippen LogP contribution in [0, 0.1) is 0 Å². The largest absolute Gasteiger partial charge is 0.340 e. The van der Waals surface area contributed by atoms with E-state index in [9.17, 15) is 13.2 Å². The van der Waals surface area contributed by atoms with Crippen LogP contribution < -0.4 is 4.72 Å². The number of sulfonamides is 1. The van der Waals surface area contributed by atoms with Gasteiger partial charge >= 0.3 is 0 Å². The lowest BCUT2D eigenvalue weighted by atomic mass is 9.94. The Morgan fingerprint density at radius 3 is 2.73 bits per heavy atom. The van der Waals surface area contributed by atoms with Gasteiger partial charge in [-0.1, -0.05) is 23.7 Å². The highest BCUT2D eigenvalue weighted by Crippen LogP contribution is 2.50. The summed E-state index contributed by atoms with van der Waals surface area (Å²) in [6, 6.07) is 7.28. The molecule has 2 aliphatic rings. The molecular formula is C15H19ClN2O3S. The molecule has 0 radical (unpaired) electrons. The van der Waals surface area contributed by atoms with Gasteiger partial charge in [0.2, 0.25) is 15.9 Å². The molecule has 0 aromatic heterocycles. The Labute approximate surface area is 135 Å². The van der Waals surface area contributed by atoms with Gasteiger partial charge in [-0.2, -0.15) is 0 Å². The summed E-state index contributed by atoms with van der Waals surface area (Å²) in [5.74, 6) is 0.0903. The van der Waals surface area contributed by atoms with E-state index in [-0.39, 0.29) is 11.9 Å². The lowest BCUT2D eigenvalue weighted by Gasteiger charge is -2.23. The highest BCUT2D eigenvalue weighted by molar-refractivity contribution is 7.88. The maximum absolute atomic E-state index is 12.9. The van der Waals surface area contributed by atoms with Crippen molar-refractivity contribution < 1.29 is 13.2 Å². The van der Waals surface area contributed by atoms with Crippen LogP contribution in [-0.2, 0) is 20.2 Å². The summed E-state index contributed by atoms with van der Waals surface area (Å²) >= 11 is 6.04.